The average Bonchev–Trinajstić information content (AvgIpc) is 2.42. The van der Waals surface area contributed by atoms with Crippen LogP contribution in [0, 0.1) is 13.8 Å². The van der Waals surface area contributed by atoms with Crippen LogP contribution < -0.4 is 5.32 Å². The van der Waals surface area contributed by atoms with Crippen molar-refractivity contribution >= 4 is 22.6 Å². The molecule has 0 aromatic heterocycles. The van der Waals surface area contributed by atoms with Gasteiger partial charge in [-0.15, -0.1) is 0 Å². The fraction of sp³-hybridized carbons (Fsp3) is 0.316. The van der Waals surface area contributed by atoms with Gasteiger partial charge in [0.1, 0.15) is 0 Å². The van der Waals surface area contributed by atoms with Crippen LogP contribution in [0.3, 0.4) is 0 Å². The number of aliphatic imine (C=N–C) groups is 1. The number of thioether (sulfide) groups is 1. The van der Waals surface area contributed by atoms with E-state index in [-0.39, 0.29) is 5.54 Å². The third kappa shape index (κ3) is 5.57. The van der Waals surface area contributed by atoms with Crippen LogP contribution in [0.25, 0.3) is 0 Å². The third-order valence-electron chi connectivity index (χ3n) is 2.98. The summed E-state index contributed by atoms with van der Waals surface area (Å²) < 4.78 is 0. The number of amidine groups is 1. The largest absolute Gasteiger partial charge is 0.335 e. The van der Waals surface area contributed by atoms with E-state index >= 15 is 0 Å². The smallest absolute Gasteiger partial charge is 0.166 e. The predicted octanol–water partition coefficient (Wildman–Crippen LogP) is 5.66. The molecule has 0 saturated heterocycles. The van der Waals surface area contributed by atoms with Crippen molar-refractivity contribution in [3.63, 3.8) is 0 Å². The number of nitrogens with zero attached hydrogens (tertiary/aromatic N) is 1. The van der Waals surface area contributed by atoms with Gasteiger partial charge in [0.15, 0.2) is 5.17 Å². The van der Waals surface area contributed by atoms with Crippen molar-refractivity contribution in [1.29, 1.82) is 0 Å². The van der Waals surface area contributed by atoms with Gasteiger partial charge in [0, 0.05) is 10.6 Å². The Hall–Kier alpha value is -1.74. The fourth-order valence-electron chi connectivity index (χ4n) is 1.86. The molecule has 116 valence electrons. The van der Waals surface area contributed by atoms with Crippen molar-refractivity contribution in [3.8, 4) is 0 Å². The van der Waals surface area contributed by atoms with Crippen molar-refractivity contribution < 1.29 is 0 Å². The maximum atomic E-state index is 4.81. The van der Waals surface area contributed by atoms with Gasteiger partial charge in [-0.2, -0.15) is 0 Å². The minimum absolute atomic E-state index is 0.120. The fourth-order valence-corrected chi connectivity index (χ4v) is 2.84. The predicted molar refractivity (Wildman–Crippen MR) is 99.0 cm³/mol. The third-order valence-corrected chi connectivity index (χ3v) is 3.87. The maximum Gasteiger partial charge on any atom is 0.166 e. The molecule has 0 unspecified atom stereocenters. The summed E-state index contributed by atoms with van der Waals surface area (Å²) in [5.74, 6) is 0. The van der Waals surface area contributed by atoms with Gasteiger partial charge < -0.3 is 5.32 Å². The van der Waals surface area contributed by atoms with Gasteiger partial charge >= 0.3 is 0 Å². The Balaban J connectivity index is 2.21. The first kappa shape index (κ1) is 16.6. The lowest BCUT2D eigenvalue weighted by atomic mass is 10.1. The number of rotatable bonds is 2. The first-order valence-corrected chi connectivity index (χ1v) is 8.31. The lowest BCUT2D eigenvalue weighted by Crippen LogP contribution is -2.17. The molecule has 0 aliphatic heterocycles. The van der Waals surface area contributed by atoms with E-state index in [1.165, 1.54) is 16.0 Å². The number of hydrogen-bond acceptors (Lipinski definition) is 2. The molecule has 2 rings (SSSR count). The molecule has 0 bridgehead atoms. The van der Waals surface area contributed by atoms with E-state index in [9.17, 15) is 0 Å². The van der Waals surface area contributed by atoms with E-state index in [1.807, 2.05) is 0 Å². The minimum Gasteiger partial charge on any atom is -0.335 e. The highest BCUT2D eigenvalue weighted by atomic mass is 32.2. The Labute approximate surface area is 138 Å². The van der Waals surface area contributed by atoms with E-state index < -0.39 is 0 Å². The standard InChI is InChI=1S/C19H24N2S/c1-14-6-10-16(11-7-14)20-18(21-19(3,4)5)22-17-12-8-15(2)9-13-17/h6-13H,1-5H3,(H,20,21). The Morgan fingerprint density at radius 2 is 1.36 bits per heavy atom. The topological polar surface area (TPSA) is 24.4 Å². The summed E-state index contributed by atoms with van der Waals surface area (Å²) in [5, 5.41) is 4.36. The first-order valence-electron chi connectivity index (χ1n) is 7.50. The van der Waals surface area contributed by atoms with Gasteiger partial charge in [-0.25, -0.2) is 0 Å². The second-order valence-corrected chi connectivity index (χ2v) is 7.56. The number of hydrogen-bond donors (Lipinski definition) is 1. The second-order valence-electron chi connectivity index (χ2n) is 6.49. The normalized spacial score (nSPS) is 12.3. The number of anilines is 1. The van der Waals surface area contributed by atoms with Gasteiger partial charge in [-0.05, 0) is 58.9 Å². The zero-order chi connectivity index (χ0) is 16.2. The molecule has 0 heterocycles. The quantitative estimate of drug-likeness (QED) is 0.439. The lowest BCUT2D eigenvalue weighted by Gasteiger charge is -2.17. The van der Waals surface area contributed by atoms with Crippen LogP contribution in [-0.2, 0) is 0 Å². The molecule has 2 aromatic carbocycles. The molecule has 1 N–H and O–H groups in total. The average molecular weight is 312 g/mol. The summed E-state index contributed by atoms with van der Waals surface area (Å²) in [7, 11) is 0. The van der Waals surface area contributed by atoms with Crippen molar-refractivity contribution in [2.45, 2.75) is 45.1 Å². The zero-order valence-corrected chi connectivity index (χ0v) is 14.8. The maximum absolute atomic E-state index is 4.81. The molecule has 0 aliphatic carbocycles. The van der Waals surface area contributed by atoms with E-state index in [0.717, 1.165) is 10.9 Å². The van der Waals surface area contributed by atoms with Crippen LogP contribution in [0.2, 0.25) is 0 Å². The highest BCUT2D eigenvalue weighted by Gasteiger charge is 2.12. The van der Waals surface area contributed by atoms with E-state index in [2.05, 4.69) is 88.5 Å². The van der Waals surface area contributed by atoms with Gasteiger partial charge in [0.25, 0.3) is 0 Å². The Morgan fingerprint density at radius 1 is 0.864 bits per heavy atom. The van der Waals surface area contributed by atoms with E-state index in [0.29, 0.717) is 0 Å². The molecular weight excluding hydrogens is 288 g/mol. The summed E-state index contributed by atoms with van der Waals surface area (Å²) in [6.07, 6.45) is 0. The second kappa shape index (κ2) is 7.01. The lowest BCUT2D eigenvalue weighted by molar-refractivity contribution is 0.585. The molecule has 0 saturated carbocycles. The summed E-state index contributed by atoms with van der Waals surface area (Å²) >= 11 is 1.66. The van der Waals surface area contributed by atoms with Crippen LogP contribution in [0.4, 0.5) is 5.69 Å². The van der Waals surface area contributed by atoms with Gasteiger partial charge in [0.05, 0.1) is 5.54 Å². The zero-order valence-electron chi connectivity index (χ0n) is 14.0. The highest BCUT2D eigenvalue weighted by molar-refractivity contribution is 8.14. The molecule has 22 heavy (non-hydrogen) atoms. The van der Waals surface area contributed by atoms with Crippen LogP contribution in [-0.4, -0.2) is 10.7 Å². The van der Waals surface area contributed by atoms with Crippen molar-refractivity contribution in [2.24, 2.45) is 4.99 Å². The molecular formula is C19H24N2S. The molecule has 0 radical (unpaired) electrons. The van der Waals surface area contributed by atoms with Crippen molar-refractivity contribution in [3.05, 3.63) is 59.7 Å². The number of benzene rings is 2. The molecule has 0 fully saturated rings. The van der Waals surface area contributed by atoms with Crippen molar-refractivity contribution in [2.75, 3.05) is 5.32 Å². The Bertz CT molecular complexity index is 585. The Kier molecular flexibility index (Phi) is 5.30. The monoisotopic (exact) mass is 312 g/mol. The van der Waals surface area contributed by atoms with E-state index in [4.69, 9.17) is 4.99 Å². The molecule has 0 atom stereocenters. The van der Waals surface area contributed by atoms with E-state index in [1.54, 1.807) is 11.8 Å². The summed E-state index contributed by atoms with van der Waals surface area (Å²) in [6.45, 7) is 10.5. The highest BCUT2D eigenvalue weighted by Crippen LogP contribution is 2.24. The minimum atomic E-state index is -0.120. The molecule has 2 nitrogen and oxygen atoms in total. The molecule has 3 heteroatoms. The van der Waals surface area contributed by atoms with Crippen LogP contribution in [0.5, 0.6) is 0 Å². The molecule has 0 spiro atoms. The number of nitrogens with one attached hydrogen (secondary N) is 1. The molecule has 0 aliphatic rings. The van der Waals surface area contributed by atoms with Gasteiger partial charge in [-0.1, -0.05) is 47.2 Å². The van der Waals surface area contributed by atoms with Crippen LogP contribution in [0.15, 0.2) is 58.4 Å². The van der Waals surface area contributed by atoms with Crippen LogP contribution >= 0.6 is 11.8 Å². The summed E-state index contributed by atoms with van der Waals surface area (Å²) in [4.78, 5) is 6.00. The summed E-state index contributed by atoms with van der Waals surface area (Å²) in [5.41, 5.74) is 3.47. The van der Waals surface area contributed by atoms with Crippen molar-refractivity contribution in [1.82, 2.24) is 0 Å². The first-order chi connectivity index (χ1) is 10.3. The van der Waals surface area contributed by atoms with Gasteiger partial charge in [0.2, 0.25) is 0 Å². The van der Waals surface area contributed by atoms with Gasteiger partial charge in [-0.3, -0.25) is 4.99 Å². The summed E-state index contributed by atoms with van der Waals surface area (Å²) in [6, 6.07) is 16.9. The number of aryl methyl sites for hydroxylation is 2. The molecule has 0 amide bonds. The SMILES string of the molecule is Cc1ccc(NC(=NC(C)(C)C)Sc2ccc(C)cc2)cc1. The Morgan fingerprint density at radius 3 is 1.86 bits per heavy atom. The van der Waals surface area contributed by atoms with Crippen LogP contribution in [0.1, 0.15) is 31.9 Å². The molecule has 2 aromatic rings.